The van der Waals surface area contributed by atoms with Gasteiger partial charge in [0.05, 0.1) is 18.9 Å². The number of hydrogen-bond acceptors (Lipinski definition) is 4. The molecular weight excluding hydrogens is 389 g/mol. The molecule has 0 spiro atoms. The molecular formula is C18H21BrFN3O2. The molecule has 5 nitrogen and oxygen atoms in total. The van der Waals surface area contributed by atoms with Gasteiger partial charge in [-0.15, -0.1) is 0 Å². The van der Waals surface area contributed by atoms with Crippen LogP contribution in [0.4, 0.5) is 15.8 Å². The molecule has 0 heterocycles. The van der Waals surface area contributed by atoms with Crippen molar-refractivity contribution in [2.45, 2.75) is 13.5 Å². The SMILES string of the molecule is C=N[NH+]([O-])c1cc(Br)c(NCC(C)COCc2ccccc2)cc1F. The largest absolute Gasteiger partial charge is 0.601 e. The first kappa shape index (κ1) is 19.5. The summed E-state index contributed by atoms with van der Waals surface area (Å²) in [5.41, 5.74) is 1.60. The van der Waals surface area contributed by atoms with E-state index in [2.05, 4.69) is 33.1 Å². The standard InChI is InChI=1S/C18H21BrFN3O2/c1-13(11-25-12-14-6-4-3-5-7-14)10-22-17-9-16(20)18(8-15(17)19)23(24)21-2/h3-9,13,22-23H,2,10-12H2,1H3. The van der Waals surface area contributed by atoms with E-state index in [0.717, 1.165) is 5.56 Å². The molecule has 7 heteroatoms. The summed E-state index contributed by atoms with van der Waals surface area (Å²) in [4.78, 5) is 0. The molecule has 25 heavy (non-hydrogen) atoms. The molecule has 0 bridgehead atoms. The van der Waals surface area contributed by atoms with Gasteiger partial charge in [-0.2, -0.15) is 0 Å². The molecule has 2 N–H and O–H groups in total. The third kappa shape index (κ3) is 5.89. The fraction of sp³-hybridized carbons (Fsp3) is 0.278. The van der Waals surface area contributed by atoms with Crippen LogP contribution in [0.5, 0.6) is 0 Å². The van der Waals surface area contributed by atoms with Crippen LogP contribution < -0.4 is 10.5 Å². The van der Waals surface area contributed by atoms with Crippen LogP contribution in [0.2, 0.25) is 0 Å². The molecule has 0 fully saturated rings. The van der Waals surface area contributed by atoms with E-state index in [4.69, 9.17) is 4.74 Å². The van der Waals surface area contributed by atoms with Crippen LogP contribution in [0, 0.1) is 16.9 Å². The van der Waals surface area contributed by atoms with Gasteiger partial charge >= 0.3 is 0 Å². The fourth-order valence-corrected chi connectivity index (χ4v) is 2.71. The van der Waals surface area contributed by atoms with Crippen LogP contribution in [0.15, 0.2) is 52.0 Å². The van der Waals surface area contributed by atoms with Crippen LogP contribution in [-0.2, 0) is 11.3 Å². The Morgan fingerprint density at radius 1 is 1.36 bits per heavy atom. The molecule has 2 aromatic rings. The minimum absolute atomic E-state index is 0.105. The van der Waals surface area contributed by atoms with Crippen LogP contribution in [-0.4, -0.2) is 19.9 Å². The number of rotatable bonds is 9. The number of anilines is 1. The molecule has 0 saturated carbocycles. The molecule has 0 aliphatic carbocycles. The summed E-state index contributed by atoms with van der Waals surface area (Å²) in [7, 11) is 0. The van der Waals surface area contributed by atoms with Crippen molar-refractivity contribution in [2.75, 3.05) is 18.5 Å². The van der Waals surface area contributed by atoms with Gasteiger partial charge in [-0.25, -0.2) is 9.56 Å². The van der Waals surface area contributed by atoms with Gasteiger partial charge in [-0.3, -0.25) is 0 Å². The molecule has 0 aromatic heterocycles. The maximum Gasteiger partial charge on any atom is 0.195 e. The summed E-state index contributed by atoms with van der Waals surface area (Å²) in [6.45, 7) is 6.93. The number of hydrogen-bond donors (Lipinski definition) is 2. The van der Waals surface area contributed by atoms with Crippen molar-refractivity contribution in [3.8, 4) is 0 Å². The molecule has 2 atom stereocenters. The number of nitrogens with one attached hydrogen (secondary N) is 2. The summed E-state index contributed by atoms with van der Waals surface area (Å²) in [6, 6.07) is 12.6. The highest BCUT2D eigenvalue weighted by molar-refractivity contribution is 9.10. The topological polar surface area (TPSA) is 61.1 Å². The van der Waals surface area contributed by atoms with Gasteiger partial charge in [0.25, 0.3) is 0 Å². The predicted octanol–water partition coefficient (Wildman–Crippen LogP) is 3.48. The van der Waals surface area contributed by atoms with E-state index in [-0.39, 0.29) is 11.6 Å². The van der Waals surface area contributed by atoms with Crippen molar-refractivity contribution in [2.24, 2.45) is 11.0 Å². The first-order valence-electron chi connectivity index (χ1n) is 7.87. The Balaban J connectivity index is 1.84. The second-order valence-electron chi connectivity index (χ2n) is 5.76. The quantitative estimate of drug-likeness (QED) is 0.492. The monoisotopic (exact) mass is 409 g/mol. The first-order valence-corrected chi connectivity index (χ1v) is 8.66. The molecule has 0 aliphatic heterocycles. The van der Waals surface area contributed by atoms with Gasteiger partial charge < -0.3 is 15.3 Å². The average molecular weight is 410 g/mol. The Morgan fingerprint density at radius 2 is 2.08 bits per heavy atom. The van der Waals surface area contributed by atoms with Crippen molar-refractivity contribution in [1.29, 1.82) is 0 Å². The summed E-state index contributed by atoms with van der Waals surface area (Å²) in [5.74, 6) is -0.397. The summed E-state index contributed by atoms with van der Waals surface area (Å²) in [6.07, 6.45) is 0. The highest BCUT2D eigenvalue weighted by Gasteiger charge is 2.14. The lowest BCUT2D eigenvalue weighted by atomic mass is 10.2. The van der Waals surface area contributed by atoms with E-state index < -0.39 is 11.0 Å². The van der Waals surface area contributed by atoms with Crippen molar-refractivity contribution >= 4 is 34.0 Å². The lowest BCUT2D eigenvalue weighted by Crippen LogP contribution is -2.96. The van der Waals surface area contributed by atoms with Crippen molar-refractivity contribution in [3.63, 3.8) is 0 Å². The zero-order valence-corrected chi connectivity index (χ0v) is 15.6. The van der Waals surface area contributed by atoms with Crippen molar-refractivity contribution in [3.05, 3.63) is 63.5 Å². The second kappa shape index (κ2) is 9.62. The lowest BCUT2D eigenvalue weighted by Gasteiger charge is -2.18. The molecule has 2 unspecified atom stereocenters. The van der Waals surface area contributed by atoms with Gasteiger partial charge in [0.15, 0.2) is 11.5 Å². The lowest BCUT2D eigenvalue weighted by molar-refractivity contribution is -0.784. The van der Waals surface area contributed by atoms with Crippen molar-refractivity contribution in [1.82, 2.24) is 0 Å². The normalized spacial score (nSPS) is 13.3. The Morgan fingerprint density at radius 3 is 2.76 bits per heavy atom. The van der Waals surface area contributed by atoms with E-state index in [1.54, 1.807) is 0 Å². The maximum atomic E-state index is 14.0. The van der Waals surface area contributed by atoms with E-state index in [0.29, 0.717) is 29.9 Å². The Bertz CT molecular complexity index is 700. The van der Waals surface area contributed by atoms with E-state index >= 15 is 0 Å². The van der Waals surface area contributed by atoms with Crippen LogP contribution in [0.1, 0.15) is 12.5 Å². The minimum Gasteiger partial charge on any atom is -0.601 e. The fourth-order valence-electron chi connectivity index (χ4n) is 2.23. The number of benzene rings is 2. The average Bonchev–Trinajstić information content (AvgIpc) is 2.62. The summed E-state index contributed by atoms with van der Waals surface area (Å²) >= 11 is 3.34. The first-order chi connectivity index (χ1) is 12.0. The molecule has 0 saturated heterocycles. The Labute approximate surface area is 155 Å². The summed E-state index contributed by atoms with van der Waals surface area (Å²) in [5, 5.41) is 17.2. The maximum absolute atomic E-state index is 14.0. The van der Waals surface area contributed by atoms with E-state index in [1.807, 2.05) is 37.3 Å². The Kier molecular flexibility index (Phi) is 7.52. The van der Waals surface area contributed by atoms with E-state index in [1.165, 1.54) is 12.1 Å². The molecule has 0 aliphatic rings. The predicted molar refractivity (Wildman–Crippen MR) is 101 cm³/mol. The number of nitrogens with zero attached hydrogens (tertiary/aromatic N) is 1. The molecule has 2 rings (SSSR count). The molecule has 2 aromatic carbocycles. The second-order valence-corrected chi connectivity index (χ2v) is 6.62. The number of quaternary nitrogens is 1. The summed E-state index contributed by atoms with van der Waals surface area (Å²) < 4.78 is 20.3. The van der Waals surface area contributed by atoms with Gasteiger partial charge in [0, 0.05) is 29.9 Å². The third-order valence-corrected chi connectivity index (χ3v) is 4.24. The van der Waals surface area contributed by atoms with Crippen molar-refractivity contribution < 1.29 is 14.3 Å². The highest BCUT2D eigenvalue weighted by Crippen LogP contribution is 2.27. The van der Waals surface area contributed by atoms with Gasteiger partial charge in [0.1, 0.15) is 0 Å². The van der Waals surface area contributed by atoms with E-state index in [9.17, 15) is 9.60 Å². The smallest absolute Gasteiger partial charge is 0.195 e. The van der Waals surface area contributed by atoms with Gasteiger partial charge in [-0.05, 0) is 27.4 Å². The van der Waals surface area contributed by atoms with Gasteiger partial charge in [-0.1, -0.05) is 42.4 Å². The van der Waals surface area contributed by atoms with Crippen LogP contribution >= 0.6 is 15.9 Å². The van der Waals surface area contributed by atoms with Crippen LogP contribution in [0.3, 0.4) is 0 Å². The highest BCUT2D eigenvalue weighted by atomic mass is 79.9. The minimum atomic E-state index is -0.688. The molecule has 134 valence electrons. The molecule has 0 amide bonds. The third-order valence-electron chi connectivity index (χ3n) is 3.59. The Hall–Kier alpha value is -1.80. The zero-order valence-electron chi connectivity index (χ0n) is 14.0. The zero-order chi connectivity index (χ0) is 18.2. The number of halogens is 2. The molecule has 0 radical (unpaired) electrons. The van der Waals surface area contributed by atoms with Gasteiger partial charge in [0.2, 0.25) is 0 Å². The van der Waals surface area contributed by atoms with Crippen LogP contribution in [0.25, 0.3) is 0 Å². The number of ether oxygens (including phenoxy) is 1.